The van der Waals surface area contributed by atoms with E-state index in [1.54, 1.807) is 0 Å². The lowest BCUT2D eigenvalue weighted by Gasteiger charge is -1.97. The highest BCUT2D eigenvalue weighted by Crippen LogP contribution is 2.16. The molecule has 0 aliphatic carbocycles. The Morgan fingerprint density at radius 2 is 1.92 bits per heavy atom. The SMILES string of the molecule is CC.CCc1cccc2cc[nH]c12. The van der Waals surface area contributed by atoms with E-state index in [0.717, 1.165) is 6.42 Å². The Morgan fingerprint density at radius 3 is 2.62 bits per heavy atom. The zero-order valence-corrected chi connectivity index (χ0v) is 8.59. The highest BCUT2D eigenvalue weighted by molar-refractivity contribution is 5.82. The van der Waals surface area contributed by atoms with E-state index < -0.39 is 0 Å². The third kappa shape index (κ3) is 1.92. The summed E-state index contributed by atoms with van der Waals surface area (Å²) in [5, 5.41) is 1.31. The van der Waals surface area contributed by atoms with Crippen LogP contribution in [0.15, 0.2) is 30.5 Å². The Hall–Kier alpha value is -1.24. The van der Waals surface area contributed by atoms with Crippen molar-refractivity contribution in [2.45, 2.75) is 27.2 Å². The summed E-state index contributed by atoms with van der Waals surface area (Å²) < 4.78 is 0. The molecule has 0 amide bonds. The van der Waals surface area contributed by atoms with Crippen molar-refractivity contribution in [3.05, 3.63) is 36.0 Å². The van der Waals surface area contributed by atoms with E-state index in [0.29, 0.717) is 0 Å². The number of benzene rings is 1. The highest BCUT2D eigenvalue weighted by atomic mass is 14.7. The minimum Gasteiger partial charge on any atom is -0.361 e. The second-order valence-electron chi connectivity index (χ2n) is 2.71. The third-order valence-corrected chi connectivity index (χ3v) is 2.05. The number of nitrogens with one attached hydrogen (secondary N) is 1. The maximum atomic E-state index is 3.24. The van der Waals surface area contributed by atoms with E-state index >= 15 is 0 Å². The van der Waals surface area contributed by atoms with Crippen LogP contribution in [0.4, 0.5) is 0 Å². The first-order valence-corrected chi connectivity index (χ1v) is 4.97. The fraction of sp³-hybridized carbons (Fsp3) is 0.333. The average Bonchev–Trinajstić information content (AvgIpc) is 2.68. The molecule has 1 aromatic heterocycles. The Labute approximate surface area is 79.8 Å². The molecule has 1 heterocycles. The quantitative estimate of drug-likeness (QED) is 0.679. The van der Waals surface area contributed by atoms with Gasteiger partial charge in [0.1, 0.15) is 0 Å². The van der Waals surface area contributed by atoms with Gasteiger partial charge in [0.05, 0.1) is 0 Å². The molecule has 0 saturated heterocycles. The highest BCUT2D eigenvalue weighted by Gasteiger charge is 1.97. The van der Waals surface area contributed by atoms with Gasteiger partial charge in [-0.3, -0.25) is 0 Å². The maximum absolute atomic E-state index is 3.24. The fourth-order valence-corrected chi connectivity index (χ4v) is 1.44. The van der Waals surface area contributed by atoms with Gasteiger partial charge in [-0.25, -0.2) is 0 Å². The Morgan fingerprint density at radius 1 is 1.15 bits per heavy atom. The lowest BCUT2D eigenvalue weighted by atomic mass is 10.1. The lowest BCUT2D eigenvalue weighted by Crippen LogP contribution is -1.80. The molecule has 70 valence electrons. The molecule has 1 nitrogen and oxygen atoms in total. The maximum Gasteiger partial charge on any atom is 0.0486 e. The van der Waals surface area contributed by atoms with Gasteiger partial charge in [-0.1, -0.05) is 39.0 Å². The Bertz CT molecular complexity index is 360. The van der Waals surface area contributed by atoms with Gasteiger partial charge in [0.25, 0.3) is 0 Å². The Balaban J connectivity index is 0.000000396. The molecule has 0 saturated carbocycles. The summed E-state index contributed by atoms with van der Waals surface area (Å²) in [5.74, 6) is 0. The summed E-state index contributed by atoms with van der Waals surface area (Å²) in [7, 11) is 0. The number of aromatic amines is 1. The van der Waals surface area contributed by atoms with E-state index in [-0.39, 0.29) is 0 Å². The van der Waals surface area contributed by atoms with Crippen LogP contribution in [0.2, 0.25) is 0 Å². The van der Waals surface area contributed by atoms with Crippen LogP contribution in [0.5, 0.6) is 0 Å². The molecule has 0 fully saturated rings. The summed E-state index contributed by atoms with van der Waals surface area (Å²) in [6, 6.07) is 8.51. The van der Waals surface area contributed by atoms with Gasteiger partial charge >= 0.3 is 0 Å². The number of aromatic nitrogens is 1. The Kier molecular flexibility index (Phi) is 3.56. The molecule has 1 heteroatoms. The van der Waals surface area contributed by atoms with Crippen molar-refractivity contribution in [2.24, 2.45) is 0 Å². The van der Waals surface area contributed by atoms with Crippen LogP contribution in [-0.4, -0.2) is 4.98 Å². The van der Waals surface area contributed by atoms with Crippen molar-refractivity contribution in [1.29, 1.82) is 0 Å². The average molecular weight is 175 g/mol. The lowest BCUT2D eigenvalue weighted by molar-refractivity contribution is 1.15. The molecule has 1 N–H and O–H groups in total. The van der Waals surface area contributed by atoms with E-state index in [1.807, 2.05) is 20.0 Å². The second kappa shape index (κ2) is 4.70. The number of H-pyrrole nitrogens is 1. The van der Waals surface area contributed by atoms with Gasteiger partial charge in [0, 0.05) is 11.7 Å². The molecule has 13 heavy (non-hydrogen) atoms. The molecular formula is C12H17N. The summed E-state index contributed by atoms with van der Waals surface area (Å²) >= 11 is 0. The molecule has 1 aromatic carbocycles. The smallest absolute Gasteiger partial charge is 0.0486 e. The number of fused-ring (bicyclic) bond motifs is 1. The first-order valence-electron chi connectivity index (χ1n) is 4.97. The van der Waals surface area contributed by atoms with Crippen LogP contribution in [0.1, 0.15) is 26.3 Å². The molecule has 0 radical (unpaired) electrons. The van der Waals surface area contributed by atoms with Gasteiger partial charge in [-0.05, 0) is 23.4 Å². The van der Waals surface area contributed by atoms with E-state index in [2.05, 4.69) is 36.2 Å². The molecule has 0 bridgehead atoms. The summed E-state index contributed by atoms with van der Waals surface area (Å²) in [6.45, 7) is 6.18. The summed E-state index contributed by atoms with van der Waals surface area (Å²) in [6.07, 6.45) is 3.08. The minimum absolute atomic E-state index is 1.10. The van der Waals surface area contributed by atoms with Crippen molar-refractivity contribution in [3.8, 4) is 0 Å². The zero-order valence-electron chi connectivity index (χ0n) is 8.59. The molecule has 2 rings (SSSR count). The predicted octanol–water partition coefficient (Wildman–Crippen LogP) is 3.76. The van der Waals surface area contributed by atoms with Crippen molar-refractivity contribution in [3.63, 3.8) is 0 Å². The molecule has 0 aliphatic heterocycles. The number of aryl methyl sites for hydroxylation is 1. The molecule has 0 unspecified atom stereocenters. The molecule has 0 aliphatic rings. The van der Waals surface area contributed by atoms with Crippen molar-refractivity contribution in [1.82, 2.24) is 4.98 Å². The van der Waals surface area contributed by atoms with Gasteiger partial charge in [-0.15, -0.1) is 0 Å². The van der Waals surface area contributed by atoms with Gasteiger partial charge in [0.2, 0.25) is 0 Å². The van der Waals surface area contributed by atoms with Crippen LogP contribution < -0.4 is 0 Å². The molecular weight excluding hydrogens is 158 g/mol. The third-order valence-electron chi connectivity index (χ3n) is 2.05. The molecule has 2 aromatic rings. The first kappa shape index (κ1) is 9.85. The largest absolute Gasteiger partial charge is 0.361 e. The number of para-hydroxylation sites is 1. The summed E-state index contributed by atoms with van der Waals surface area (Å²) in [5.41, 5.74) is 2.68. The number of hydrogen-bond acceptors (Lipinski definition) is 0. The fourth-order valence-electron chi connectivity index (χ4n) is 1.44. The van der Waals surface area contributed by atoms with Crippen molar-refractivity contribution in [2.75, 3.05) is 0 Å². The number of hydrogen-bond donors (Lipinski definition) is 1. The van der Waals surface area contributed by atoms with E-state index in [1.165, 1.54) is 16.5 Å². The van der Waals surface area contributed by atoms with Crippen molar-refractivity contribution < 1.29 is 0 Å². The van der Waals surface area contributed by atoms with Crippen LogP contribution >= 0.6 is 0 Å². The number of rotatable bonds is 1. The second-order valence-corrected chi connectivity index (χ2v) is 2.71. The first-order chi connectivity index (χ1) is 6.42. The standard InChI is InChI=1S/C10H11N.C2H6/c1-2-8-4-3-5-9-6-7-11-10(8)9;1-2/h3-7,11H,2H2,1H3;1-2H3. The van der Waals surface area contributed by atoms with E-state index in [9.17, 15) is 0 Å². The molecule has 0 spiro atoms. The van der Waals surface area contributed by atoms with Crippen molar-refractivity contribution >= 4 is 10.9 Å². The zero-order chi connectivity index (χ0) is 9.68. The van der Waals surface area contributed by atoms with Crippen LogP contribution in [-0.2, 0) is 6.42 Å². The van der Waals surface area contributed by atoms with Gasteiger partial charge in [0.15, 0.2) is 0 Å². The van der Waals surface area contributed by atoms with Crippen LogP contribution in [0.3, 0.4) is 0 Å². The molecule has 0 atom stereocenters. The summed E-state index contributed by atoms with van der Waals surface area (Å²) in [4.78, 5) is 3.24. The van der Waals surface area contributed by atoms with Gasteiger partial charge in [-0.2, -0.15) is 0 Å². The topological polar surface area (TPSA) is 15.8 Å². The minimum atomic E-state index is 1.10. The van der Waals surface area contributed by atoms with Crippen LogP contribution in [0, 0.1) is 0 Å². The van der Waals surface area contributed by atoms with Gasteiger partial charge < -0.3 is 4.98 Å². The monoisotopic (exact) mass is 175 g/mol. The van der Waals surface area contributed by atoms with E-state index in [4.69, 9.17) is 0 Å². The predicted molar refractivity (Wildman–Crippen MR) is 59.0 cm³/mol. The van der Waals surface area contributed by atoms with Crippen LogP contribution in [0.25, 0.3) is 10.9 Å². The normalized spacial score (nSPS) is 9.46.